The van der Waals surface area contributed by atoms with Crippen molar-refractivity contribution in [2.75, 3.05) is 11.1 Å². The number of nitrogens with one attached hydrogen (secondary N) is 2. The lowest BCUT2D eigenvalue weighted by molar-refractivity contribution is -0.113. The molecule has 6 nitrogen and oxygen atoms in total. The van der Waals surface area contributed by atoms with Gasteiger partial charge in [-0.3, -0.25) is 4.79 Å². The largest absolute Gasteiger partial charge is 0.322 e. The monoisotopic (exact) mass is 327 g/mol. The van der Waals surface area contributed by atoms with Crippen LogP contribution in [0.2, 0.25) is 0 Å². The quantitative estimate of drug-likeness (QED) is 0.758. The molecule has 1 aliphatic rings. The summed E-state index contributed by atoms with van der Waals surface area (Å²) in [5.74, 6) is 2.20. The Hall–Kier alpha value is -2.28. The highest BCUT2D eigenvalue weighted by atomic mass is 32.2. The minimum Gasteiger partial charge on any atom is -0.322 e. The predicted molar refractivity (Wildman–Crippen MR) is 91.9 cm³/mol. The molecule has 0 fully saturated rings. The zero-order valence-electron chi connectivity index (χ0n) is 12.9. The molecule has 0 radical (unpaired) electrons. The van der Waals surface area contributed by atoms with Crippen LogP contribution in [0.25, 0.3) is 17.0 Å². The van der Waals surface area contributed by atoms with Gasteiger partial charge in [0, 0.05) is 10.8 Å². The molecule has 7 heteroatoms. The Kier molecular flexibility index (Phi) is 3.37. The molecule has 23 heavy (non-hydrogen) atoms. The summed E-state index contributed by atoms with van der Waals surface area (Å²) in [6.45, 7) is 4.32. The van der Waals surface area contributed by atoms with E-state index in [0.717, 1.165) is 22.4 Å². The van der Waals surface area contributed by atoms with Crippen LogP contribution in [0, 0.1) is 5.92 Å². The molecule has 2 aromatic heterocycles. The van der Waals surface area contributed by atoms with E-state index in [1.54, 1.807) is 16.4 Å². The average Bonchev–Trinajstić information content (AvgIpc) is 3.07. The van der Waals surface area contributed by atoms with Gasteiger partial charge in [-0.05, 0) is 18.1 Å². The fourth-order valence-corrected chi connectivity index (χ4v) is 4.01. The molecular weight excluding hydrogens is 310 g/mol. The van der Waals surface area contributed by atoms with Crippen LogP contribution >= 0.6 is 11.8 Å². The summed E-state index contributed by atoms with van der Waals surface area (Å²) in [5.41, 5.74) is 2.87. The second-order valence-corrected chi connectivity index (χ2v) is 7.09. The van der Waals surface area contributed by atoms with E-state index in [2.05, 4.69) is 34.2 Å². The van der Waals surface area contributed by atoms with Crippen molar-refractivity contribution >= 4 is 34.5 Å². The SMILES string of the molecule is CC(C)[C@@H]1SCC(=O)Nc2c1cnn2-c1nc2ccccc2[nH]1. The van der Waals surface area contributed by atoms with E-state index in [9.17, 15) is 4.79 Å². The molecule has 118 valence electrons. The van der Waals surface area contributed by atoms with Gasteiger partial charge < -0.3 is 10.3 Å². The molecule has 4 rings (SSSR count). The first-order valence-corrected chi connectivity index (χ1v) is 8.63. The third-order valence-electron chi connectivity index (χ3n) is 3.94. The summed E-state index contributed by atoms with van der Waals surface area (Å²) in [6, 6.07) is 7.83. The van der Waals surface area contributed by atoms with Crippen LogP contribution in [0.4, 0.5) is 5.82 Å². The van der Waals surface area contributed by atoms with Crippen LogP contribution in [0.3, 0.4) is 0 Å². The van der Waals surface area contributed by atoms with Crippen LogP contribution < -0.4 is 5.32 Å². The number of nitrogens with zero attached hydrogens (tertiary/aromatic N) is 3. The minimum absolute atomic E-state index is 0.00254. The second-order valence-electron chi connectivity index (χ2n) is 5.96. The molecule has 0 bridgehead atoms. The van der Waals surface area contributed by atoms with Crippen molar-refractivity contribution in [3.8, 4) is 5.95 Å². The highest BCUT2D eigenvalue weighted by Gasteiger charge is 2.29. The maximum absolute atomic E-state index is 12.1. The predicted octanol–water partition coefficient (Wildman–Crippen LogP) is 3.13. The number of fused-ring (bicyclic) bond motifs is 2. The molecule has 1 atom stereocenters. The molecule has 3 aromatic rings. The smallest absolute Gasteiger partial charge is 0.235 e. The Balaban J connectivity index is 1.86. The third-order valence-corrected chi connectivity index (χ3v) is 5.53. The van der Waals surface area contributed by atoms with E-state index in [0.29, 0.717) is 17.6 Å². The van der Waals surface area contributed by atoms with E-state index < -0.39 is 0 Å². The number of aromatic nitrogens is 4. The van der Waals surface area contributed by atoms with E-state index >= 15 is 0 Å². The number of thioether (sulfide) groups is 1. The summed E-state index contributed by atoms with van der Waals surface area (Å²) in [5, 5.41) is 7.68. The van der Waals surface area contributed by atoms with Crippen LogP contribution in [0.1, 0.15) is 24.7 Å². The van der Waals surface area contributed by atoms with Crippen LogP contribution in [-0.2, 0) is 4.79 Å². The molecule has 1 amide bonds. The van der Waals surface area contributed by atoms with E-state index in [1.807, 2.05) is 30.5 Å². The van der Waals surface area contributed by atoms with Crippen LogP contribution in [-0.4, -0.2) is 31.4 Å². The summed E-state index contributed by atoms with van der Waals surface area (Å²) in [7, 11) is 0. The van der Waals surface area contributed by atoms with Crippen molar-refractivity contribution in [3.05, 3.63) is 36.0 Å². The van der Waals surface area contributed by atoms with E-state index in [1.165, 1.54) is 0 Å². The second kappa shape index (κ2) is 5.42. The van der Waals surface area contributed by atoms with Gasteiger partial charge in [0.1, 0.15) is 5.82 Å². The lowest BCUT2D eigenvalue weighted by Gasteiger charge is -2.17. The van der Waals surface area contributed by atoms with E-state index in [4.69, 9.17) is 0 Å². The highest BCUT2D eigenvalue weighted by Crippen LogP contribution is 2.41. The van der Waals surface area contributed by atoms with Crippen molar-refractivity contribution in [2.45, 2.75) is 19.1 Å². The number of anilines is 1. The Morgan fingerprint density at radius 2 is 2.17 bits per heavy atom. The third kappa shape index (κ3) is 2.41. The van der Waals surface area contributed by atoms with Crippen molar-refractivity contribution in [1.29, 1.82) is 0 Å². The fraction of sp³-hybridized carbons (Fsp3) is 0.312. The molecule has 0 saturated heterocycles. The lowest BCUT2D eigenvalue weighted by atomic mass is 10.0. The summed E-state index contributed by atoms with van der Waals surface area (Å²) >= 11 is 1.66. The van der Waals surface area contributed by atoms with Gasteiger partial charge in [-0.15, -0.1) is 11.8 Å². The normalized spacial score (nSPS) is 18.0. The Morgan fingerprint density at radius 1 is 1.35 bits per heavy atom. The number of para-hydroxylation sites is 2. The molecule has 0 unspecified atom stereocenters. The lowest BCUT2D eigenvalue weighted by Crippen LogP contribution is -2.16. The number of aromatic amines is 1. The van der Waals surface area contributed by atoms with Crippen molar-refractivity contribution in [2.24, 2.45) is 5.92 Å². The molecule has 1 aromatic carbocycles. The summed E-state index contributed by atoms with van der Waals surface area (Å²) in [4.78, 5) is 19.9. The topological polar surface area (TPSA) is 75.6 Å². The van der Waals surface area contributed by atoms with Gasteiger partial charge in [0.2, 0.25) is 11.9 Å². The van der Waals surface area contributed by atoms with Gasteiger partial charge in [-0.2, -0.15) is 9.78 Å². The van der Waals surface area contributed by atoms with Crippen LogP contribution in [0.15, 0.2) is 30.5 Å². The van der Waals surface area contributed by atoms with Gasteiger partial charge in [0.05, 0.1) is 23.0 Å². The molecular formula is C16H17N5OS. The number of carbonyl (C=O) groups excluding carboxylic acids is 1. The summed E-state index contributed by atoms with van der Waals surface area (Å²) in [6.07, 6.45) is 1.84. The maximum atomic E-state index is 12.1. The minimum atomic E-state index is -0.00254. The fourth-order valence-electron chi connectivity index (χ4n) is 2.87. The maximum Gasteiger partial charge on any atom is 0.235 e. The van der Waals surface area contributed by atoms with Gasteiger partial charge in [0.25, 0.3) is 0 Å². The number of imidazole rings is 1. The highest BCUT2D eigenvalue weighted by molar-refractivity contribution is 8.00. The first-order valence-electron chi connectivity index (χ1n) is 7.58. The van der Waals surface area contributed by atoms with Crippen molar-refractivity contribution in [3.63, 3.8) is 0 Å². The summed E-state index contributed by atoms with van der Waals surface area (Å²) < 4.78 is 1.69. The molecule has 0 aliphatic carbocycles. The molecule has 0 saturated carbocycles. The van der Waals surface area contributed by atoms with Crippen molar-refractivity contribution in [1.82, 2.24) is 19.7 Å². The van der Waals surface area contributed by atoms with E-state index in [-0.39, 0.29) is 11.2 Å². The number of rotatable bonds is 2. The standard InChI is InChI=1S/C16H17N5OS/c1-9(2)14-10-7-17-21(15(10)20-13(22)8-23-14)16-18-11-5-3-4-6-12(11)19-16/h3-7,9,14H,8H2,1-2H3,(H,18,19)(H,20,22)/t14-/m0/s1. The molecule has 1 aliphatic heterocycles. The Bertz CT molecular complexity index is 849. The van der Waals surface area contributed by atoms with Gasteiger partial charge >= 0.3 is 0 Å². The number of amides is 1. The molecule has 2 N–H and O–H groups in total. The number of carbonyl (C=O) groups is 1. The van der Waals surface area contributed by atoms with Crippen molar-refractivity contribution < 1.29 is 4.79 Å². The number of hydrogen-bond acceptors (Lipinski definition) is 4. The number of benzene rings is 1. The molecule has 3 heterocycles. The van der Waals surface area contributed by atoms with Gasteiger partial charge in [0.15, 0.2) is 0 Å². The number of hydrogen-bond donors (Lipinski definition) is 2. The van der Waals surface area contributed by atoms with Crippen LogP contribution in [0.5, 0.6) is 0 Å². The van der Waals surface area contributed by atoms with Gasteiger partial charge in [-0.25, -0.2) is 4.98 Å². The average molecular weight is 327 g/mol. The first kappa shape index (κ1) is 14.3. The van der Waals surface area contributed by atoms with Gasteiger partial charge in [-0.1, -0.05) is 26.0 Å². The Morgan fingerprint density at radius 3 is 2.96 bits per heavy atom. The first-order chi connectivity index (χ1) is 11.1. The Labute approximate surface area is 137 Å². The zero-order chi connectivity index (χ0) is 16.0. The molecule has 0 spiro atoms. The number of H-pyrrole nitrogens is 1. The zero-order valence-corrected chi connectivity index (χ0v) is 13.7.